The molecular weight excluding hydrogens is 639 g/mol. The maximum absolute atomic E-state index is 4.09. The highest BCUT2D eigenvalue weighted by molar-refractivity contribution is 6.13. The summed E-state index contributed by atoms with van der Waals surface area (Å²) in [6, 6.07) is 58.2. The lowest BCUT2D eigenvalue weighted by molar-refractivity contribution is 0.968. The number of rotatable bonds is 13. The van der Waals surface area contributed by atoms with Crippen LogP contribution in [0.1, 0.15) is 12.0 Å². The lowest BCUT2D eigenvalue weighted by Gasteiger charge is -2.21. The number of hydrogen-bond acceptors (Lipinski definition) is 1. The quantitative estimate of drug-likeness (QED) is 0.0865. The first-order valence-electron chi connectivity index (χ1n) is 18.2. The molecule has 1 nitrogen and oxygen atoms in total. The number of fused-ring (bicyclic) bond motifs is 3. The molecule has 0 unspecified atom stereocenters. The van der Waals surface area contributed by atoms with E-state index in [1.165, 1.54) is 54.9 Å². The second kappa shape index (κ2) is 17.0. The third-order valence-electron chi connectivity index (χ3n) is 9.66. The van der Waals surface area contributed by atoms with Gasteiger partial charge in [-0.15, -0.1) is 0 Å². The Labute approximate surface area is 314 Å². The van der Waals surface area contributed by atoms with Gasteiger partial charge in [0.05, 0.1) is 0 Å². The van der Waals surface area contributed by atoms with E-state index in [0.29, 0.717) is 0 Å². The second-order valence-corrected chi connectivity index (χ2v) is 13.0. The summed E-state index contributed by atoms with van der Waals surface area (Å²) in [5.41, 5.74) is 10.7. The van der Waals surface area contributed by atoms with Crippen molar-refractivity contribution in [3.63, 3.8) is 0 Å². The van der Waals surface area contributed by atoms with E-state index in [9.17, 15) is 0 Å². The zero-order valence-electron chi connectivity index (χ0n) is 30.0. The number of nitrogens with zero attached hydrogens (tertiary/aromatic N) is 1. The minimum Gasteiger partial charge on any atom is -0.317 e. The molecule has 53 heavy (non-hydrogen) atoms. The van der Waals surface area contributed by atoms with Crippen molar-refractivity contribution in [3.8, 4) is 22.3 Å². The van der Waals surface area contributed by atoms with Gasteiger partial charge in [0.1, 0.15) is 0 Å². The molecule has 7 aromatic carbocycles. The fourth-order valence-corrected chi connectivity index (χ4v) is 6.89. The summed E-state index contributed by atoms with van der Waals surface area (Å²) < 4.78 is 0. The van der Waals surface area contributed by atoms with Crippen LogP contribution in [0.3, 0.4) is 0 Å². The lowest BCUT2D eigenvalue weighted by Crippen LogP contribution is -2.07. The molecule has 7 rings (SSSR count). The highest BCUT2D eigenvalue weighted by Gasteiger charge is 2.11. The third kappa shape index (κ3) is 8.28. The van der Waals surface area contributed by atoms with E-state index in [-0.39, 0.29) is 0 Å². The monoisotopic (exact) mass is 681 g/mol. The van der Waals surface area contributed by atoms with Crippen LogP contribution in [0.25, 0.3) is 43.8 Å². The van der Waals surface area contributed by atoms with Crippen LogP contribution in [0.2, 0.25) is 0 Å². The Hall–Kier alpha value is -6.70. The molecule has 7 aromatic rings. The number of aryl methyl sites for hydroxylation is 1. The van der Waals surface area contributed by atoms with Gasteiger partial charge in [-0.05, 0) is 110 Å². The molecule has 256 valence electrons. The van der Waals surface area contributed by atoms with Crippen LogP contribution in [0, 0.1) is 0 Å². The summed E-state index contributed by atoms with van der Waals surface area (Å²) in [6.07, 6.45) is 18.3. The number of allylic oxidation sites excluding steroid dienone is 9. The van der Waals surface area contributed by atoms with E-state index >= 15 is 0 Å². The molecule has 0 fully saturated rings. The predicted octanol–water partition coefficient (Wildman–Crippen LogP) is 14.4. The van der Waals surface area contributed by atoms with Gasteiger partial charge >= 0.3 is 0 Å². The molecule has 0 saturated heterocycles. The first-order chi connectivity index (χ1) is 26.2. The minimum atomic E-state index is 0.909. The standard InChI is InChI=1S/C52H43N/c1-3-40(19-17-20-41(4-2)32-33-43-24-11-13-28-48(43)42-22-7-5-8-23-42)21-18-38-53(46-26-9-6-10-27-46)47-36-34-44(35-37-47)52-39-45-25-12-14-29-49(45)50-30-15-16-31-51(50)52/h3-31,34-39H,1-2,32-33H2/b19-17+,38-18+,40-21+,41-20+. The Kier molecular flexibility index (Phi) is 11.1. The van der Waals surface area contributed by atoms with Crippen LogP contribution in [-0.4, -0.2) is 0 Å². The van der Waals surface area contributed by atoms with Crippen LogP contribution in [0.4, 0.5) is 11.4 Å². The minimum absolute atomic E-state index is 0.909. The summed E-state index contributed by atoms with van der Waals surface area (Å²) >= 11 is 0. The maximum atomic E-state index is 4.09. The van der Waals surface area contributed by atoms with Crippen molar-refractivity contribution in [3.05, 3.63) is 242 Å². The molecule has 0 bridgehead atoms. The van der Waals surface area contributed by atoms with E-state index < -0.39 is 0 Å². The molecule has 0 amide bonds. The van der Waals surface area contributed by atoms with Crippen molar-refractivity contribution in [2.24, 2.45) is 0 Å². The van der Waals surface area contributed by atoms with E-state index in [1.54, 1.807) is 0 Å². The highest BCUT2D eigenvalue weighted by Crippen LogP contribution is 2.36. The normalized spacial score (nSPS) is 12.2. The smallest absolute Gasteiger partial charge is 0.0455 e. The zero-order valence-corrected chi connectivity index (χ0v) is 30.0. The van der Waals surface area contributed by atoms with E-state index in [2.05, 4.69) is 212 Å². The molecule has 0 aromatic heterocycles. The fraction of sp³-hybridized carbons (Fsp3) is 0.0385. The van der Waals surface area contributed by atoms with Gasteiger partial charge in [-0.3, -0.25) is 0 Å². The van der Waals surface area contributed by atoms with Gasteiger partial charge in [-0.1, -0.05) is 183 Å². The molecule has 0 saturated carbocycles. The number of hydrogen-bond donors (Lipinski definition) is 0. The average Bonchev–Trinajstić information content (AvgIpc) is 3.23. The van der Waals surface area contributed by atoms with Gasteiger partial charge in [0, 0.05) is 17.6 Å². The van der Waals surface area contributed by atoms with Crippen molar-refractivity contribution in [1.29, 1.82) is 0 Å². The fourth-order valence-electron chi connectivity index (χ4n) is 6.89. The molecule has 0 N–H and O–H groups in total. The maximum Gasteiger partial charge on any atom is 0.0455 e. The summed E-state index contributed by atoms with van der Waals surface area (Å²) in [5, 5.41) is 5.07. The summed E-state index contributed by atoms with van der Waals surface area (Å²) in [4.78, 5) is 2.21. The lowest BCUT2D eigenvalue weighted by atomic mass is 9.93. The van der Waals surface area contributed by atoms with Crippen LogP contribution >= 0.6 is 0 Å². The topological polar surface area (TPSA) is 3.24 Å². The molecule has 0 aliphatic rings. The van der Waals surface area contributed by atoms with Gasteiger partial charge in [0.25, 0.3) is 0 Å². The Bertz CT molecular complexity index is 2460. The Morgan fingerprint density at radius 2 is 1.13 bits per heavy atom. The van der Waals surface area contributed by atoms with Crippen molar-refractivity contribution >= 4 is 32.9 Å². The van der Waals surface area contributed by atoms with Crippen molar-refractivity contribution < 1.29 is 0 Å². The van der Waals surface area contributed by atoms with Gasteiger partial charge < -0.3 is 4.90 Å². The van der Waals surface area contributed by atoms with Gasteiger partial charge in [0.2, 0.25) is 0 Å². The second-order valence-electron chi connectivity index (χ2n) is 13.0. The van der Waals surface area contributed by atoms with E-state index in [1.807, 2.05) is 18.2 Å². The van der Waals surface area contributed by atoms with Crippen molar-refractivity contribution in [1.82, 2.24) is 0 Å². The summed E-state index contributed by atoms with van der Waals surface area (Å²) in [6.45, 7) is 8.17. The Morgan fingerprint density at radius 3 is 1.89 bits per heavy atom. The number of benzene rings is 7. The average molecular weight is 682 g/mol. The summed E-state index contributed by atoms with van der Waals surface area (Å²) in [7, 11) is 0. The van der Waals surface area contributed by atoms with Gasteiger partial charge in [-0.2, -0.15) is 0 Å². The SMILES string of the molecule is C=C\C(=C/C=C/C(C=C)=C/C=C/N(c1ccccc1)c1ccc(-c2cc3ccccc3c3ccccc23)cc1)CCc1ccccc1-c1ccccc1. The predicted molar refractivity (Wildman–Crippen MR) is 231 cm³/mol. The number of para-hydroxylation sites is 1. The molecule has 0 aliphatic heterocycles. The van der Waals surface area contributed by atoms with Gasteiger partial charge in [0.15, 0.2) is 0 Å². The molecular formula is C52H43N. The molecule has 0 heterocycles. The highest BCUT2D eigenvalue weighted by atomic mass is 15.1. The van der Waals surface area contributed by atoms with E-state index in [4.69, 9.17) is 0 Å². The van der Waals surface area contributed by atoms with Crippen molar-refractivity contribution in [2.45, 2.75) is 12.8 Å². The Morgan fingerprint density at radius 1 is 0.509 bits per heavy atom. The van der Waals surface area contributed by atoms with Crippen LogP contribution in [0.5, 0.6) is 0 Å². The molecule has 0 atom stereocenters. The Balaban J connectivity index is 1.09. The van der Waals surface area contributed by atoms with Crippen molar-refractivity contribution in [2.75, 3.05) is 4.90 Å². The largest absolute Gasteiger partial charge is 0.317 e. The first kappa shape index (κ1) is 34.7. The van der Waals surface area contributed by atoms with Gasteiger partial charge in [-0.25, -0.2) is 0 Å². The van der Waals surface area contributed by atoms with E-state index in [0.717, 1.165) is 29.8 Å². The molecule has 1 heteroatoms. The van der Waals surface area contributed by atoms with Crippen LogP contribution < -0.4 is 4.90 Å². The molecule has 0 aliphatic carbocycles. The summed E-state index contributed by atoms with van der Waals surface area (Å²) in [5.74, 6) is 0. The molecule has 0 spiro atoms. The van der Waals surface area contributed by atoms with Crippen LogP contribution in [-0.2, 0) is 6.42 Å². The molecule has 0 radical (unpaired) electrons. The first-order valence-corrected chi connectivity index (χ1v) is 18.2. The third-order valence-corrected chi connectivity index (χ3v) is 9.66. The number of anilines is 2. The zero-order chi connectivity index (χ0) is 36.2. The van der Waals surface area contributed by atoms with Crippen LogP contribution in [0.15, 0.2) is 237 Å².